The van der Waals surface area contributed by atoms with Crippen LogP contribution in [0.15, 0.2) is 54.9 Å². The van der Waals surface area contributed by atoms with Crippen LogP contribution in [0.4, 0.5) is 0 Å². The van der Waals surface area contributed by atoms with E-state index in [-0.39, 0.29) is 0 Å². The summed E-state index contributed by atoms with van der Waals surface area (Å²) < 4.78 is 21.1. The van der Waals surface area contributed by atoms with Gasteiger partial charge in [0, 0.05) is 11.3 Å². The Kier molecular flexibility index (Phi) is 5.21. The monoisotopic (exact) mass is 465 g/mol. The quantitative estimate of drug-likeness (QED) is 0.474. The third kappa shape index (κ3) is 3.65. The average molecular weight is 466 g/mol. The van der Waals surface area contributed by atoms with Crippen LogP contribution in [0, 0.1) is 6.92 Å². The predicted octanol–water partition coefficient (Wildman–Crippen LogP) is 2.43. The van der Waals surface area contributed by atoms with Gasteiger partial charge < -0.3 is 25.1 Å². The van der Waals surface area contributed by atoms with Crippen LogP contribution in [-0.4, -0.2) is 55.8 Å². The molecule has 10 heteroatoms. The van der Waals surface area contributed by atoms with Crippen molar-refractivity contribution in [2.45, 2.75) is 43.7 Å². The first kappa shape index (κ1) is 20.8. The van der Waals surface area contributed by atoms with Gasteiger partial charge in [-0.2, -0.15) is 0 Å². The molecule has 4 heterocycles. The third-order valence-electron chi connectivity index (χ3n) is 6.12. The predicted molar refractivity (Wildman–Crippen MR) is 121 cm³/mol. The molecule has 2 aliphatic rings. The molecule has 2 fully saturated rings. The van der Waals surface area contributed by atoms with Crippen LogP contribution in [0.1, 0.15) is 28.8 Å². The molecule has 2 aromatic heterocycles. The first-order chi connectivity index (χ1) is 16.1. The first-order valence-corrected chi connectivity index (χ1v) is 11.6. The third-order valence-corrected chi connectivity index (χ3v) is 7.06. The van der Waals surface area contributed by atoms with E-state index < -0.39 is 36.7 Å². The summed E-state index contributed by atoms with van der Waals surface area (Å²) in [5, 5.41) is 20.4. The second-order valence-corrected chi connectivity index (χ2v) is 9.52. The maximum absolute atomic E-state index is 11.1. The number of ether oxygens (including phenoxy) is 3. The number of aryl methyl sites for hydroxylation is 1. The largest absolute Gasteiger partial charge is 0.388 e. The minimum absolute atomic E-state index is 0.293. The number of aliphatic hydroxyl groups is 1. The lowest BCUT2D eigenvalue weighted by Crippen LogP contribution is -2.62. The highest BCUT2D eigenvalue weighted by molar-refractivity contribution is 7.18. The molecule has 3 N–H and O–H groups in total. The van der Waals surface area contributed by atoms with E-state index in [9.17, 15) is 5.11 Å². The average Bonchev–Trinajstić information content (AvgIpc) is 3.47. The highest BCUT2D eigenvalue weighted by Crippen LogP contribution is 2.38. The SMILES string of the molecule is Cc1nc2ccc(-n3cnnc3[C@@H]3OC4COC(c5ccccc5)O[C@@H]4[C@H](N)C3O)cc2s1. The Morgan fingerprint density at radius 1 is 1.15 bits per heavy atom. The fourth-order valence-electron chi connectivity index (χ4n) is 4.48. The smallest absolute Gasteiger partial charge is 0.184 e. The summed E-state index contributed by atoms with van der Waals surface area (Å²) in [4.78, 5) is 4.51. The van der Waals surface area contributed by atoms with Gasteiger partial charge in [0.15, 0.2) is 12.1 Å². The number of aliphatic hydroxyl groups excluding tert-OH is 1. The number of hydrogen-bond donors (Lipinski definition) is 2. The molecule has 0 amide bonds. The van der Waals surface area contributed by atoms with E-state index in [0.717, 1.165) is 26.5 Å². The lowest BCUT2D eigenvalue weighted by atomic mass is 9.92. The molecule has 0 spiro atoms. The van der Waals surface area contributed by atoms with Crippen molar-refractivity contribution in [1.82, 2.24) is 19.7 Å². The molecule has 6 rings (SSSR count). The van der Waals surface area contributed by atoms with Crippen LogP contribution in [-0.2, 0) is 14.2 Å². The number of nitrogens with two attached hydrogens (primary N) is 1. The molecule has 2 aliphatic heterocycles. The van der Waals surface area contributed by atoms with Gasteiger partial charge in [-0.25, -0.2) is 4.98 Å². The minimum Gasteiger partial charge on any atom is -0.388 e. The van der Waals surface area contributed by atoms with Crippen molar-refractivity contribution in [3.8, 4) is 5.69 Å². The van der Waals surface area contributed by atoms with Crippen LogP contribution >= 0.6 is 11.3 Å². The molecule has 0 aliphatic carbocycles. The summed E-state index contributed by atoms with van der Waals surface area (Å²) in [7, 11) is 0. The second kappa shape index (κ2) is 8.24. The van der Waals surface area contributed by atoms with Crippen molar-refractivity contribution in [3.63, 3.8) is 0 Å². The van der Waals surface area contributed by atoms with Crippen molar-refractivity contribution < 1.29 is 19.3 Å². The fraction of sp³-hybridized carbons (Fsp3) is 0.348. The van der Waals surface area contributed by atoms with Crippen LogP contribution in [0.3, 0.4) is 0 Å². The summed E-state index contributed by atoms with van der Waals surface area (Å²) >= 11 is 1.62. The Labute approximate surface area is 193 Å². The van der Waals surface area contributed by atoms with E-state index in [4.69, 9.17) is 19.9 Å². The van der Waals surface area contributed by atoms with Crippen LogP contribution in [0.2, 0.25) is 0 Å². The molecule has 2 aromatic carbocycles. The van der Waals surface area contributed by atoms with Gasteiger partial charge in [0.1, 0.15) is 30.7 Å². The lowest BCUT2D eigenvalue weighted by Gasteiger charge is -2.46. The molecule has 170 valence electrons. The summed E-state index contributed by atoms with van der Waals surface area (Å²) in [6.45, 7) is 2.27. The molecule has 2 saturated heterocycles. The minimum atomic E-state index is -1.03. The van der Waals surface area contributed by atoms with E-state index in [1.54, 1.807) is 17.7 Å². The Hall–Kier alpha value is -2.73. The van der Waals surface area contributed by atoms with Crippen molar-refractivity contribution >= 4 is 21.6 Å². The highest BCUT2D eigenvalue weighted by Gasteiger charge is 2.49. The zero-order chi connectivity index (χ0) is 22.5. The Bertz CT molecular complexity index is 1280. The Morgan fingerprint density at radius 2 is 2.00 bits per heavy atom. The normalized spacial score (nSPS) is 29.8. The van der Waals surface area contributed by atoms with Crippen molar-refractivity contribution in [1.29, 1.82) is 0 Å². The fourth-order valence-corrected chi connectivity index (χ4v) is 5.34. The molecule has 33 heavy (non-hydrogen) atoms. The van der Waals surface area contributed by atoms with Gasteiger partial charge in [0.05, 0.1) is 27.9 Å². The topological polar surface area (TPSA) is 118 Å². The Balaban J connectivity index is 1.27. The molecular weight excluding hydrogens is 442 g/mol. The molecular formula is C23H23N5O4S. The first-order valence-electron chi connectivity index (χ1n) is 10.8. The number of aromatic nitrogens is 4. The second-order valence-electron chi connectivity index (χ2n) is 8.28. The molecule has 3 unspecified atom stereocenters. The van der Waals surface area contributed by atoms with Crippen molar-refractivity contribution in [2.75, 3.05) is 6.61 Å². The van der Waals surface area contributed by atoms with Gasteiger partial charge in [0.25, 0.3) is 0 Å². The van der Waals surface area contributed by atoms with E-state index >= 15 is 0 Å². The zero-order valence-electron chi connectivity index (χ0n) is 17.8. The summed E-state index contributed by atoms with van der Waals surface area (Å²) in [5.74, 6) is 0.474. The lowest BCUT2D eigenvalue weighted by molar-refractivity contribution is -0.309. The van der Waals surface area contributed by atoms with E-state index in [2.05, 4.69) is 15.2 Å². The van der Waals surface area contributed by atoms with Gasteiger partial charge in [-0.1, -0.05) is 30.3 Å². The van der Waals surface area contributed by atoms with E-state index in [1.165, 1.54) is 0 Å². The van der Waals surface area contributed by atoms with Crippen LogP contribution in [0.25, 0.3) is 15.9 Å². The molecule has 0 radical (unpaired) electrons. The van der Waals surface area contributed by atoms with Crippen LogP contribution < -0.4 is 5.73 Å². The van der Waals surface area contributed by atoms with E-state index in [0.29, 0.717) is 12.4 Å². The summed E-state index contributed by atoms with van der Waals surface area (Å²) in [6, 6.07) is 14.9. The zero-order valence-corrected chi connectivity index (χ0v) is 18.6. The molecule has 0 bridgehead atoms. The molecule has 9 nitrogen and oxygen atoms in total. The van der Waals surface area contributed by atoms with Gasteiger partial charge >= 0.3 is 0 Å². The van der Waals surface area contributed by atoms with Gasteiger partial charge in [-0.05, 0) is 25.1 Å². The summed E-state index contributed by atoms with van der Waals surface area (Å²) in [5.41, 5.74) is 9.16. The number of thiazole rings is 1. The number of rotatable bonds is 3. The van der Waals surface area contributed by atoms with Gasteiger partial charge in [0.2, 0.25) is 0 Å². The summed E-state index contributed by atoms with van der Waals surface area (Å²) in [6.07, 6.45) is -1.70. The maximum atomic E-state index is 11.1. The van der Waals surface area contributed by atoms with Crippen LogP contribution in [0.5, 0.6) is 0 Å². The number of fused-ring (bicyclic) bond motifs is 2. The highest BCUT2D eigenvalue weighted by atomic mass is 32.1. The van der Waals surface area contributed by atoms with Gasteiger partial charge in [-0.3, -0.25) is 4.57 Å². The standard InChI is InChI=1S/C23H23N5O4S/c1-12-26-15-8-7-14(9-17(15)33-12)28-11-25-27-22(28)21-19(29)18(24)20-16(31-21)10-30-23(32-20)13-5-3-2-4-6-13/h2-9,11,16,18-21,23,29H,10,24H2,1H3/t16?,18-,19?,20+,21-,23?/m1/s1. The number of hydrogen-bond acceptors (Lipinski definition) is 9. The maximum Gasteiger partial charge on any atom is 0.184 e. The Morgan fingerprint density at radius 3 is 2.85 bits per heavy atom. The van der Waals surface area contributed by atoms with Crippen molar-refractivity contribution in [2.24, 2.45) is 5.73 Å². The molecule has 4 aromatic rings. The molecule has 0 saturated carbocycles. The van der Waals surface area contributed by atoms with E-state index in [1.807, 2.05) is 60.0 Å². The van der Waals surface area contributed by atoms with Gasteiger partial charge in [-0.15, -0.1) is 21.5 Å². The van der Waals surface area contributed by atoms with Crippen molar-refractivity contribution in [3.05, 3.63) is 71.3 Å². The number of nitrogens with zero attached hydrogens (tertiary/aromatic N) is 4. The number of benzene rings is 2. The molecule has 6 atom stereocenters.